The van der Waals surface area contributed by atoms with Crippen LogP contribution in [-0.4, -0.2) is 0 Å². The first-order valence-electron chi connectivity index (χ1n) is 16.3. The molecule has 2 heteroatoms. The third-order valence-electron chi connectivity index (χ3n) is 9.30. The van der Waals surface area contributed by atoms with Crippen LogP contribution in [0.1, 0.15) is 0 Å². The van der Waals surface area contributed by atoms with E-state index in [0.29, 0.717) is 0 Å². The molecule has 2 nitrogen and oxygen atoms in total. The molecule has 0 aliphatic rings. The van der Waals surface area contributed by atoms with Gasteiger partial charge in [-0.2, -0.15) is 0 Å². The summed E-state index contributed by atoms with van der Waals surface area (Å²) in [5.41, 5.74) is 12.2. The van der Waals surface area contributed by atoms with Crippen molar-refractivity contribution in [3.8, 4) is 33.4 Å². The number of hydrogen-bond acceptors (Lipinski definition) is 2. The van der Waals surface area contributed by atoms with Crippen LogP contribution in [0.4, 0.5) is 17.1 Å². The van der Waals surface area contributed by atoms with Gasteiger partial charge in [-0.25, -0.2) is 0 Å². The molecule has 0 spiro atoms. The summed E-state index contributed by atoms with van der Waals surface area (Å²) >= 11 is 0. The Kier molecular flexibility index (Phi) is 6.84. The zero-order valence-corrected chi connectivity index (χ0v) is 26.3. The Morgan fingerprint density at radius 2 is 0.833 bits per heavy atom. The van der Waals surface area contributed by atoms with E-state index in [2.05, 4.69) is 181 Å². The monoisotopic (exact) mass is 613 g/mol. The molecule has 0 aliphatic heterocycles. The minimum absolute atomic E-state index is 0.877. The first kappa shape index (κ1) is 27.9. The number of anilines is 3. The Bertz CT molecular complexity index is 2520. The fraction of sp³-hybridized carbons (Fsp3) is 0. The summed E-state index contributed by atoms with van der Waals surface area (Å²) in [5, 5.41) is 4.74. The zero-order chi connectivity index (χ0) is 31.9. The van der Waals surface area contributed by atoms with Crippen molar-refractivity contribution in [1.29, 1.82) is 0 Å². The molecule has 8 aromatic carbocycles. The number of para-hydroxylation sites is 1. The van der Waals surface area contributed by atoms with Gasteiger partial charge in [0.05, 0.1) is 11.1 Å². The van der Waals surface area contributed by atoms with Crippen LogP contribution in [-0.2, 0) is 0 Å². The molecule has 1 aromatic heterocycles. The van der Waals surface area contributed by atoms with Crippen LogP contribution >= 0.6 is 0 Å². The van der Waals surface area contributed by atoms with Gasteiger partial charge < -0.3 is 9.32 Å². The highest BCUT2D eigenvalue weighted by molar-refractivity contribution is 6.13. The number of furan rings is 1. The summed E-state index contributed by atoms with van der Waals surface area (Å²) in [7, 11) is 0. The molecule has 0 atom stereocenters. The largest absolute Gasteiger partial charge is 0.456 e. The maximum atomic E-state index is 6.31. The van der Waals surface area contributed by atoms with Gasteiger partial charge >= 0.3 is 0 Å². The fourth-order valence-electron chi connectivity index (χ4n) is 6.93. The molecule has 0 radical (unpaired) electrons. The first-order chi connectivity index (χ1) is 23.8. The average molecular weight is 614 g/mol. The molecular weight excluding hydrogens is 583 g/mol. The van der Waals surface area contributed by atoms with Crippen molar-refractivity contribution < 1.29 is 4.42 Å². The predicted molar refractivity (Wildman–Crippen MR) is 202 cm³/mol. The van der Waals surface area contributed by atoms with Crippen LogP contribution in [0.5, 0.6) is 0 Å². The van der Waals surface area contributed by atoms with E-state index >= 15 is 0 Å². The third kappa shape index (κ3) is 4.92. The van der Waals surface area contributed by atoms with Crippen molar-refractivity contribution >= 4 is 49.8 Å². The van der Waals surface area contributed by atoms with E-state index in [0.717, 1.165) is 39.0 Å². The lowest BCUT2D eigenvalue weighted by molar-refractivity contribution is 0.669. The van der Waals surface area contributed by atoms with Gasteiger partial charge in [0.1, 0.15) is 11.2 Å². The molecule has 0 saturated heterocycles. The van der Waals surface area contributed by atoms with Crippen molar-refractivity contribution in [2.45, 2.75) is 0 Å². The van der Waals surface area contributed by atoms with Crippen molar-refractivity contribution in [3.05, 3.63) is 188 Å². The number of benzene rings is 8. The molecule has 0 bridgehead atoms. The summed E-state index contributed by atoms with van der Waals surface area (Å²) in [6.45, 7) is 0. The first-order valence-corrected chi connectivity index (χ1v) is 16.3. The minimum atomic E-state index is 0.877. The molecular formula is C46H31NO. The summed E-state index contributed by atoms with van der Waals surface area (Å²) in [6, 6.07) is 66.9. The molecule has 0 amide bonds. The van der Waals surface area contributed by atoms with Crippen LogP contribution in [0.25, 0.3) is 66.1 Å². The van der Waals surface area contributed by atoms with Gasteiger partial charge in [-0.15, -0.1) is 0 Å². The van der Waals surface area contributed by atoms with E-state index in [4.69, 9.17) is 4.42 Å². The highest BCUT2D eigenvalue weighted by Crippen LogP contribution is 2.43. The predicted octanol–water partition coefficient (Wildman–Crippen LogP) is 13.2. The van der Waals surface area contributed by atoms with Crippen molar-refractivity contribution in [3.63, 3.8) is 0 Å². The lowest BCUT2D eigenvalue weighted by atomic mass is 9.96. The van der Waals surface area contributed by atoms with E-state index < -0.39 is 0 Å². The maximum Gasteiger partial charge on any atom is 0.137 e. The quantitative estimate of drug-likeness (QED) is 0.185. The van der Waals surface area contributed by atoms with Crippen molar-refractivity contribution in [2.75, 3.05) is 4.90 Å². The molecule has 1 heterocycles. The van der Waals surface area contributed by atoms with Crippen LogP contribution < -0.4 is 4.90 Å². The standard InChI is InChI=1S/C46H31NO/c1-2-10-32(11-3-1)34-24-28-38(29-25-34)47(43-17-9-19-45-46(43)42-15-6-7-18-44(42)48-45)39-30-26-35(27-31-39)33-20-22-37(23-21-33)41-16-8-13-36-12-4-5-14-40(36)41/h1-31H. The van der Waals surface area contributed by atoms with Gasteiger partial charge in [-0.1, -0.05) is 146 Å². The Morgan fingerprint density at radius 1 is 0.333 bits per heavy atom. The topological polar surface area (TPSA) is 16.4 Å². The van der Waals surface area contributed by atoms with Gasteiger partial charge in [-0.3, -0.25) is 0 Å². The molecule has 0 fully saturated rings. The Labute approximate surface area is 279 Å². The minimum Gasteiger partial charge on any atom is -0.456 e. The Hall–Kier alpha value is -6.38. The zero-order valence-electron chi connectivity index (χ0n) is 26.3. The van der Waals surface area contributed by atoms with Crippen LogP contribution in [0.15, 0.2) is 192 Å². The normalized spacial score (nSPS) is 11.3. The highest BCUT2D eigenvalue weighted by atomic mass is 16.3. The SMILES string of the molecule is c1ccc(-c2ccc(N(c3ccc(-c4ccc(-c5cccc6ccccc56)cc4)cc3)c3cccc4oc5ccccc5c34)cc2)cc1. The molecule has 0 N–H and O–H groups in total. The number of hydrogen-bond donors (Lipinski definition) is 0. The van der Waals surface area contributed by atoms with Crippen LogP contribution in [0.3, 0.4) is 0 Å². The molecule has 9 rings (SSSR count). The number of fused-ring (bicyclic) bond motifs is 4. The molecule has 9 aromatic rings. The molecule has 48 heavy (non-hydrogen) atoms. The Morgan fingerprint density at radius 3 is 1.54 bits per heavy atom. The van der Waals surface area contributed by atoms with E-state index in [1.54, 1.807) is 0 Å². The summed E-state index contributed by atoms with van der Waals surface area (Å²) in [6.07, 6.45) is 0. The van der Waals surface area contributed by atoms with Crippen molar-refractivity contribution in [1.82, 2.24) is 0 Å². The summed E-state index contributed by atoms with van der Waals surface area (Å²) in [5.74, 6) is 0. The summed E-state index contributed by atoms with van der Waals surface area (Å²) < 4.78 is 6.31. The van der Waals surface area contributed by atoms with Gasteiger partial charge in [0, 0.05) is 16.8 Å². The second kappa shape index (κ2) is 11.8. The second-order valence-corrected chi connectivity index (χ2v) is 12.1. The van der Waals surface area contributed by atoms with Gasteiger partial charge in [0.25, 0.3) is 0 Å². The second-order valence-electron chi connectivity index (χ2n) is 12.1. The van der Waals surface area contributed by atoms with E-state index in [-0.39, 0.29) is 0 Å². The van der Waals surface area contributed by atoms with Crippen LogP contribution in [0.2, 0.25) is 0 Å². The molecule has 226 valence electrons. The van der Waals surface area contributed by atoms with E-state index in [1.807, 2.05) is 12.1 Å². The summed E-state index contributed by atoms with van der Waals surface area (Å²) in [4.78, 5) is 2.34. The fourth-order valence-corrected chi connectivity index (χ4v) is 6.93. The number of rotatable bonds is 6. The highest BCUT2D eigenvalue weighted by Gasteiger charge is 2.19. The Balaban J connectivity index is 1.12. The van der Waals surface area contributed by atoms with E-state index in [1.165, 1.54) is 44.2 Å². The lowest BCUT2D eigenvalue weighted by Crippen LogP contribution is -2.10. The maximum absolute atomic E-state index is 6.31. The van der Waals surface area contributed by atoms with Gasteiger partial charge in [-0.05, 0) is 86.6 Å². The van der Waals surface area contributed by atoms with Gasteiger partial charge in [0.15, 0.2) is 0 Å². The lowest BCUT2D eigenvalue weighted by Gasteiger charge is -2.26. The molecule has 0 unspecified atom stereocenters. The smallest absolute Gasteiger partial charge is 0.137 e. The van der Waals surface area contributed by atoms with Gasteiger partial charge in [0.2, 0.25) is 0 Å². The number of nitrogens with zero attached hydrogens (tertiary/aromatic N) is 1. The van der Waals surface area contributed by atoms with Crippen molar-refractivity contribution in [2.24, 2.45) is 0 Å². The molecule has 0 saturated carbocycles. The molecule has 0 aliphatic carbocycles. The van der Waals surface area contributed by atoms with E-state index in [9.17, 15) is 0 Å². The average Bonchev–Trinajstić information content (AvgIpc) is 3.55. The third-order valence-corrected chi connectivity index (χ3v) is 9.30. The van der Waals surface area contributed by atoms with Crippen LogP contribution in [0, 0.1) is 0 Å².